The second-order valence-electron chi connectivity index (χ2n) is 5.72. The second-order valence-corrected chi connectivity index (χ2v) is 5.72. The fraction of sp³-hybridized carbons (Fsp3) is 0.600. The Morgan fingerprint density at radius 1 is 1.30 bits per heavy atom. The topological polar surface area (TPSA) is 35.2 Å². The zero-order valence-electron chi connectivity index (χ0n) is 11.5. The Bertz CT molecular complexity index is 443. The fourth-order valence-corrected chi connectivity index (χ4v) is 2.75. The van der Waals surface area contributed by atoms with E-state index < -0.39 is 11.7 Å². The van der Waals surface area contributed by atoms with Gasteiger partial charge in [-0.3, -0.25) is 0 Å². The Hall–Kier alpha value is -1.07. The molecule has 0 bridgehead atoms. The van der Waals surface area contributed by atoms with Crippen molar-refractivity contribution in [1.82, 2.24) is 0 Å². The molecule has 1 aromatic rings. The van der Waals surface area contributed by atoms with Gasteiger partial charge in [-0.15, -0.1) is 0 Å². The first-order chi connectivity index (χ1) is 9.35. The quantitative estimate of drug-likeness (QED) is 0.915. The summed E-state index contributed by atoms with van der Waals surface area (Å²) < 4.78 is 43.3. The number of hydrogen-bond donors (Lipinski definition) is 1. The fourth-order valence-electron chi connectivity index (χ4n) is 2.75. The van der Waals surface area contributed by atoms with Crippen LogP contribution in [-0.2, 0) is 17.5 Å². The summed E-state index contributed by atoms with van der Waals surface area (Å²) in [5.74, 6) is 0.589. The molecule has 0 aliphatic heterocycles. The van der Waals surface area contributed by atoms with Crippen molar-refractivity contribution in [2.45, 2.75) is 44.6 Å². The average molecular weight is 287 g/mol. The highest BCUT2D eigenvalue weighted by Crippen LogP contribution is 2.37. The summed E-state index contributed by atoms with van der Waals surface area (Å²) in [6, 6.07) is 5.10. The van der Waals surface area contributed by atoms with Gasteiger partial charge in [-0.25, -0.2) is 0 Å². The minimum atomic E-state index is -4.29. The molecule has 1 aliphatic rings. The number of rotatable bonds is 4. The van der Waals surface area contributed by atoms with Crippen LogP contribution in [0.5, 0.6) is 0 Å². The van der Waals surface area contributed by atoms with Crippen molar-refractivity contribution in [2.24, 2.45) is 11.7 Å². The van der Waals surface area contributed by atoms with E-state index in [1.807, 2.05) is 0 Å². The van der Waals surface area contributed by atoms with Crippen molar-refractivity contribution in [3.05, 3.63) is 35.4 Å². The highest BCUT2D eigenvalue weighted by molar-refractivity contribution is 5.24. The van der Waals surface area contributed by atoms with Gasteiger partial charge < -0.3 is 10.5 Å². The van der Waals surface area contributed by atoms with Gasteiger partial charge in [-0.1, -0.05) is 19.1 Å². The number of nitrogens with two attached hydrogens (primary N) is 1. The van der Waals surface area contributed by atoms with Gasteiger partial charge in [0.05, 0.1) is 17.8 Å². The van der Waals surface area contributed by atoms with Gasteiger partial charge in [0, 0.05) is 6.54 Å². The van der Waals surface area contributed by atoms with Crippen molar-refractivity contribution in [3.63, 3.8) is 0 Å². The van der Waals surface area contributed by atoms with E-state index >= 15 is 0 Å². The summed E-state index contributed by atoms with van der Waals surface area (Å²) in [5.41, 5.74) is 5.61. The highest BCUT2D eigenvalue weighted by atomic mass is 19.4. The summed E-state index contributed by atoms with van der Waals surface area (Å²) in [5, 5.41) is 0. The number of alkyl halides is 3. The van der Waals surface area contributed by atoms with Crippen molar-refractivity contribution in [3.8, 4) is 0 Å². The summed E-state index contributed by atoms with van der Waals surface area (Å²) in [4.78, 5) is 0. The monoisotopic (exact) mass is 287 g/mol. The molecule has 20 heavy (non-hydrogen) atoms. The van der Waals surface area contributed by atoms with Crippen LogP contribution in [0.2, 0.25) is 0 Å². The molecule has 1 saturated carbocycles. The van der Waals surface area contributed by atoms with Gasteiger partial charge in [0.2, 0.25) is 0 Å². The Balaban J connectivity index is 1.97. The molecule has 2 atom stereocenters. The molecule has 5 heteroatoms. The molecule has 0 spiro atoms. The van der Waals surface area contributed by atoms with E-state index in [4.69, 9.17) is 10.5 Å². The molecular weight excluding hydrogens is 267 g/mol. The van der Waals surface area contributed by atoms with Gasteiger partial charge in [-0.2, -0.15) is 13.2 Å². The standard InChI is InChI=1S/C15H20F3NO/c1-11-6-7-14(8-11,10-19)20-9-12-2-4-13(5-3-12)15(16,17)18/h2-5,11H,6-10,19H2,1H3. The van der Waals surface area contributed by atoms with Crippen LogP contribution in [0, 0.1) is 5.92 Å². The van der Waals surface area contributed by atoms with Crippen molar-refractivity contribution in [1.29, 1.82) is 0 Å². The first-order valence-electron chi connectivity index (χ1n) is 6.85. The predicted molar refractivity (Wildman–Crippen MR) is 71.0 cm³/mol. The molecule has 1 aliphatic carbocycles. The van der Waals surface area contributed by atoms with E-state index in [9.17, 15) is 13.2 Å². The lowest BCUT2D eigenvalue weighted by Gasteiger charge is -2.28. The maximum Gasteiger partial charge on any atom is 0.416 e. The van der Waals surface area contributed by atoms with Crippen LogP contribution in [-0.4, -0.2) is 12.1 Å². The molecule has 2 N–H and O–H groups in total. The van der Waals surface area contributed by atoms with Gasteiger partial charge in [0.15, 0.2) is 0 Å². The highest BCUT2D eigenvalue weighted by Gasteiger charge is 2.37. The minimum absolute atomic E-state index is 0.303. The zero-order chi connectivity index (χ0) is 14.8. The normalized spacial score (nSPS) is 26.9. The van der Waals surface area contributed by atoms with Crippen LogP contribution >= 0.6 is 0 Å². The summed E-state index contributed by atoms with van der Waals surface area (Å²) in [7, 11) is 0. The van der Waals surface area contributed by atoms with E-state index in [0.717, 1.165) is 37.0 Å². The Kier molecular flexibility index (Phi) is 4.39. The van der Waals surface area contributed by atoms with Crippen LogP contribution in [0.3, 0.4) is 0 Å². The van der Waals surface area contributed by atoms with E-state index in [1.54, 1.807) is 0 Å². The lowest BCUT2D eigenvalue weighted by Crippen LogP contribution is -2.38. The maximum atomic E-state index is 12.5. The lowest BCUT2D eigenvalue weighted by molar-refractivity contribution is -0.137. The van der Waals surface area contributed by atoms with Gasteiger partial charge in [0.1, 0.15) is 0 Å². The average Bonchev–Trinajstić information content (AvgIpc) is 2.78. The third-order valence-electron chi connectivity index (χ3n) is 4.01. The smallest absolute Gasteiger partial charge is 0.369 e. The van der Waals surface area contributed by atoms with Crippen LogP contribution in [0.15, 0.2) is 24.3 Å². The largest absolute Gasteiger partial charge is 0.416 e. The number of hydrogen-bond acceptors (Lipinski definition) is 2. The lowest BCUT2D eigenvalue weighted by atomic mass is 10.0. The predicted octanol–water partition coefficient (Wildman–Crippen LogP) is 3.74. The van der Waals surface area contributed by atoms with E-state index in [2.05, 4.69) is 6.92 Å². The van der Waals surface area contributed by atoms with Crippen LogP contribution in [0.1, 0.15) is 37.3 Å². The van der Waals surface area contributed by atoms with Crippen LogP contribution in [0.4, 0.5) is 13.2 Å². The number of ether oxygens (including phenoxy) is 1. The van der Waals surface area contributed by atoms with Crippen LogP contribution in [0.25, 0.3) is 0 Å². The SMILES string of the molecule is CC1CCC(CN)(OCc2ccc(C(F)(F)F)cc2)C1. The van der Waals surface area contributed by atoms with Crippen molar-refractivity contribution >= 4 is 0 Å². The first-order valence-corrected chi connectivity index (χ1v) is 6.85. The minimum Gasteiger partial charge on any atom is -0.369 e. The Morgan fingerprint density at radius 2 is 1.95 bits per heavy atom. The van der Waals surface area contributed by atoms with Crippen LogP contribution < -0.4 is 5.73 Å². The molecule has 1 aromatic carbocycles. The second kappa shape index (κ2) is 5.74. The molecule has 2 nitrogen and oxygen atoms in total. The number of benzene rings is 1. The molecule has 112 valence electrons. The van der Waals surface area contributed by atoms with Crippen molar-refractivity contribution < 1.29 is 17.9 Å². The molecule has 0 radical (unpaired) electrons. The summed E-state index contributed by atoms with van der Waals surface area (Å²) in [6.45, 7) is 2.93. The van der Waals surface area contributed by atoms with E-state index in [-0.39, 0.29) is 5.60 Å². The molecule has 2 rings (SSSR count). The third-order valence-corrected chi connectivity index (χ3v) is 4.01. The summed E-state index contributed by atoms with van der Waals surface area (Å²) in [6.07, 6.45) is -1.36. The molecule has 0 amide bonds. The maximum absolute atomic E-state index is 12.5. The summed E-state index contributed by atoms with van der Waals surface area (Å²) >= 11 is 0. The van der Waals surface area contributed by atoms with E-state index in [0.29, 0.717) is 19.1 Å². The molecule has 0 aromatic heterocycles. The van der Waals surface area contributed by atoms with Crippen molar-refractivity contribution in [2.75, 3.05) is 6.54 Å². The number of halogens is 3. The van der Waals surface area contributed by atoms with E-state index in [1.165, 1.54) is 12.1 Å². The zero-order valence-corrected chi connectivity index (χ0v) is 11.5. The van der Waals surface area contributed by atoms with Gasteiger partial charge in [0.25, 0.3) is 0 Å². The molecule has 2 unspecified atom stereocenters. The Labute approximate surface area is 117 Å². The third kappa shape index (κ3) is 3.52. The Morgan fingerprint density at radius 3 is 2.40 bits per heavy atom. The first kappa shape index (κ1) is 15.3. The molecule has 0 heterocycles. The van der Waals surface area contributed by atoms with Gasteiger partial charge >= 0.3 is 6.18 Å². The molecule has 0 saturated heterocycles. The molecular formula is C15H20F3NO. The van der Waals surface area contributed by atoms with Gasteiger partial charge in [-0.05, 0) is 42.9 Å². The molecule has 1 fully saturated rings.